The molecular weight excluding hydrogens is 371 g/mol. The van der Waals surface area contributed by atoms with Gasteiger partial charge in [-0.3, -0.25) is 10.1 Å². The highest BCUT2D eigenvalue weighted by Gasteiger charge is 2.32. The molecule has 29 heavy (non-hydrogen) atoms. The summed E-state index contributed by atoms with van der Waals surface area (Å²) in [4.78, 5) is 15.5. The molecule has 7 heteroatoms. The van der Waals surface area contributed by atoms with Crippen LogP contribution in [0.5, 0.6) is 0 Å². The van der Waals surface area contributed by atoms with E-state index in [9.17, 15) is 14.5 Å². The van der Waals surface area contributed by atoms with Crippen molar-refractivity contribution >= 4 is 22.7 Å². The molecule has 2 heterocycles. The topological polar surface area (TPSA) is 73.0 Å². The molecule has 0 aliphatic carbocycles. The van der Waals surface area contributed by atoms with Crippen molar-refractivity contribution in [1.82, 2.24) is 9.55 Å². The standard InChI is InChI=1S/C22H17FN4O2/c23-17-9-2-1-8-16(17)21-13-19(14-6-5-7-15(12-14)27(28)29)25-22-24-18-10-3-4-11-20(18)26(21)22/h1-12,19,21H,13H2,(H,24,25). The number of halogens is 1. The summed E-state index contributed by atoms with van der Waals surface area (Å²) >= 11 is 0. The van der Waals surface area contributed by atoms with E-state index in [2.05, 4.69) is 10.3 Å². The summed E-state index contributed by atoms with van der Waals surface area (Å²) in [6.07, 6.45) is 0.537. The van der Waals surface area contributed by atoms with Crippen LogP contribution in [0.2, 0.25) is 0 Å². The zero-order valence-electron chi connectivity index (χ0n) is 15.3. The third-order valence-electron chi connectivity index (χ3n) is 5.42. The van der Waals surface area contributed by atoms with Crippen LogP contribution in [-0.2, 0) is 0 Å². The molecule has 0 spiro atoms. The summed E-state index contributed by atoms with van der Waals surface area (Å²) in [5.74, 6) is 0.350. The lowest BCUT2D eigenvalue weighted by Gasteiger charge is -2.33. The highest BCUT2D eigenvalue weighted by molar-refractivity contribution is 5.79. The molecule has 144 valence electrons. The lowest BCUT2D eigenvalue weighted by atomic mass is 9.92. The Morgan fingerprint density at radius 2 is 1.86 bits per heavy atom. The van der Waals surface area contributed by atoms with Crippen molar-refractivity contribution in [3.63, 3.8) is 0 Å². The molecular formula is C22H17FN4O2. The molecule has 0 fully saturated rings. The summed E-state index contributed by atoms with van der Waals surface area (Å²) < 4.78 is 16.7. The van der Waals surface area contributed by atoms with E-state index in [4.69, 9.17) is 0 Å². The number of fused-ring (bicyclic) bond motifs is 3. The Morgan fingerprint density at radius 3 is 2.69 bits per heavy atom. The van der Waals surface area contributed by atoms with Crippen LogP contribution in [0.15, 0.2) is 72.8 Å². The molecule has 1 N–H and O–H groups in total. The minimum absolute atomic E-state index is 0.0332. The number of aromatic nitrogens is 2. The SMILES string of the molecule is O=[N+]([O-])c1cccc(C2CC(c3ccccc3F)n3c(nc4ccccc43)N2)c1. The molecule has 0 amide bonds. The summed E-state index contributed by atoms with van der Waals surface area (Å²) in [6, 6.07) is 20.5. The maximum atomic E-state index is 14.7. The van der Waals surface area contributed by atoms with Crippen LogP contribution < -0.4 is 5.32 Å². The third-order valence-corrected chi connectivity index (χ3v) is 5.42. The molecule has 4 aromatic rings. The fourth-order valence-electron chi connectivity index (χ4n) is 4.09. The molecule has 1 aliphatic rings. The van der Waals surface area contributed by atoms with Gasteiger partial charge in [-0.15, -0.1) is 0 Å². The van der Waals surface area contributed by atoms with E-state index in [-0.39, 0.29) is 23.6 Å². The zero-order chi connectivity index (χ0) is 20.0. The number of non-ortho nitro benzene ring substituents is 1. The quantitative estimate of drug-likeness (QED) is 0.385. The average molecular weight is 388 g/mol. The molecule has 0 radical (unpaired) electrons. The predicted octanol–water partition coefficient (Wildman–Crippen LogP) is 5.23. The molecule has 0 saturated heterocycles. The van der Waals surface area contributed by atoms with Crippen molar-refractivity contribution in [2.45, 2.75) is 18.5 Å². The van der Waals surface area contributed by atoms with Crippen LogP contribution in [0, 0.1) is 15.9 Å². The van der Waals surface area contributed by atoms with Gasteiger partial charge in [0.1, 0.15) is 5.82 Å². The van der Waals surface area contributed by atoms with Gasteiger partial charge in [0.05, 0.1) is 28.0 Å². The first kappa shape index (κ1) is 17.4. The summed E-state index contributed by atoms with van der Waals surface area (Å²) in [7, 11) is 0. The van der Waals surface area contributed by atoms with Crippen molar-refractivity contribution in [3.8, 4) is 0 Å². The maximum Gasteiger partial charge on any atom is 0.269 e. The average Bonchev–Trinajstić information content (AvgIpc) is 3.12. The molecule has 2 atom stereocenters. The Bertz CT molecular complexity index is 1240. The Balaban J connectivity index is 1.67. The van der Waals surface area contributed by atoms with E-state index in [1.165, 1.54) is 12.1 Å². The normalized spacial score (nSPS) is 18.2. The maximum absolute atomic E-state index is 14.7. The first-order valence-electron chi connectivity index (χ1n) is 9.34. The Hall–Kier alpha value is -3.74. The van der Waals surface area contributed by atoms with Gasteiger partial charge in [0.15, 0.2) is 0 Å². The number of imidazole rings is 1. The third kappa shape index (κ3) is 2.91. The van der Waals surface area contributed by atoms with Gasteiger partial charge in [-0.1, -0.05) is 42.5 Å². The largest absolute Gasteiger partial charge is 0.349 e. The second-order valence-electron chi connectivity index (χ2n) is 7.12. The molecule has 1 aliphatic heterocycles. The van der Waals surface area contributed by atoms with Crippen LogP contribution in [0.1, 0.15) is 29.6 Å². The van der Waals surface area contributed by atoms with Crippen molar-refractivity contribution in [2.24, 2.45) is 0 Å². The number of nitro benzene ring substituents is 1. The van der Waals surface area contributed by atoms with E-state index in [1.807, 2.05) is 41.0 Å². The summed E-state index contributed by atoms with van der Waals surface area (Å²) in [6.45, 7) is 0. The van der Waals surface area contributed by atoms with Crippen LogP contribution in [0.3, 0.4) is 0 Å². The molecule has 0 bridgehead atoms. The smallest absolute Gasteiger partial charge is 0.269 e. The summed E-state index contributed by atoms with van der Waals surface area (Å²) in [5, 5.41) is 14.6. The van der Waals surface area contributed by atoms with Crippen LogP contribution >= 0.6 is 0 Å². The van der Waals surface area contributed by atoms with Gasteiger partial charge in [0.25, 0.3) is 5.69 Å². The van der Waals surface area contributed by atoms with Gasteiger partial charge < -0.3 is 9.88 Å². The number of benzene rings is 3. The minimum Gasteiger partial charge on any atom is -0.349 e. The molecule has 5 rings (SSSR count). The van der Waals surface area contributed by atoms with Gasteiger partial charge in [-0.25, -0.2) is 9.37 Å². The van der Waals surface area contributed by atoms with Crippen LogP contribution in [0.25, 0.3) is 11.0 Å². The van der Waals surface area contributed by atoms with Crippen molar-refractivity contribution in [3.05, 3.63) is 99.9 Å². The lowest BCUT2D eigenvalue weighted by Crippen LogP contribution is -2.27. The van der Waals surface area contributed by atoms with E-state index in [0.29, 0.717) is 17.9 Å². The number of para-hydroxylation sites is 2. The van der Waals surface area contributed by atoms with Crippen LogP contribution in [-0.4, -0.2) is 14.5 Å². The minimum atomic E-state index is -0.407. The van der Waals surface area contributed by atoms with E-state index in [1.54, 1.807) is 24.3 Å². The van der Waals surface area contributed by atoms with E-state index in [0.717, 1.165) is 16.6 Å². The molecule has 1 aromatic heterocycles. The fourth-order valence-corrected chi connectivity index (χ4v) is 4.09. The predicted molar refractivity (Wildman–Crippen MR) is 108 cm³/mol. The second-order valence-corrected chi connectivity index (χ2v) is 7.12. The number of nitro groups is 1. The van der Waals surface area contributed by atoms with Gasteiger partial charge in [0.2, 0.25) is 5.95 Å². The molecule has 6 nitrogen and oxygen atoms in total. The summed E-state index contributed by atoms with van der Waals surface area (Å²) in [5.41, 5.74) is 3.12. The number of nitrogens with zero attached hydrogens (tertiary/aromatic N) is 3. The van der Waals surface area contributed by atoms with Crippen molar-refractivity contribution in [2.75, 3.05) is 5.32 Å². The van der Waals surface area contributed by atoms with Gasteiger partial charge >= 0.3 is 0 Å². The highest BCUT2D eigenvalue weighted by atomic mass is 19.1. The Morgan fingerprint density at radius 1 is 1.07 bits per heavy atom. The fraction of sp³-hybridized carbons (Fsp3) is 0.136. The number of nitrogens with one attached hydrogen (secondary N) is 1. The number of hydrogen-bond donors (Lipinski definition) is 1. The lowest BCUT2D eigenvalue weighted by molar-refractivity contribution is -0.384. The second kappa shape index (κ2) is 6.70. The number of rotatable bonds is 3. The number of hydrogen-bond acceptors (Lipinski definition) is 4. The number of anilines is 1. The highest BCUT2D eigenvalue weighted by Crippen LogP contribution is 2.42. The van der Waals surface area contributed by atoms with Gasteiger partial charge in [-0.05, 0) is 30.2 Å². The first-order valence-corrected chi connectivity index (χ1v) is 9.34. The molecule has 3 aromatic carbocycles. The van der Waals surface area contributed by atoms with E-state index < -0.39 is 4.92 Å². The first-order chi connectivity index (χ1) is 14.1. The van der Waals surface area contributed by atoms with Crippen molar-refractivity contribution < 1.29 is 9.31 Å². The van der Waals surface area contributed by atoms with Gasteiger partial charge in [0, 0.05) is 17.7 Å². The Kier molecular flexibility index (Phi) is 4.01. The van der Waals surface area contributed by atoms with Gasteiger partial charge in [-0.2, -0.15) is 0 Å². The molecule has 0 saturated carbocycles. The van der Waals surface area contributed by atoms with E-state index >= 15 is 0 Å². The molecule has 2 unspecified atom stereocenters. The zero-order valence-corrected chi connectivity index (χ0v) is 15.3. The van der Waals surface area contributed by atoms with Crippen molar-refractivity contribution in [1.29, 1.82) is 0 Å². The monoisotopic (exact) mass is 388 g/mol. The Labute approximate surface area is 165 Å². The van der Waals surface area contributed by atoms with Crippen LogP contribution in [0.4, 0.5) is 16.0 Å².